The van der Waals surface area contributed by atoms with Crippen molar-refractivity contribution >= 4 is 34.9 Å². The highest BCUT2D eigenvalue weighted by molar-refractivity contribution is 7.98. The van der Waals surface area contributed by atoms with Crippen molar-refractivity contribution in [3.63, 3.8) is 0 Å². The molecule has 0 aromatic heterocycles. The maximum Gasteiger partial charge on any atom is 0.229 e. The first-order chi connectivity index (χ1) is 6.13. The normalized spacial score (nSPS) is 12.2. The minimum atomic E-state index is -0.308. The number of thioether (sulfide) groups is 1. The summed E-state index contributed by atoms with van der Waals surface area (Å²) < 4.78 is 0. The number of amides is 1. The third-order valence-electron chi connectivity index (χ3n) is 1.67. The standard InChI is InChI=1S/C8H16N2OS2/c1-3-6(7(9)12)8(11)10-4-5-13-2/h6H,3-5H2,1-2H3,(H2,9,12)(H,10,11). The van der Waals surface area contributed by atoms with Crippen molar-refractivity contribution in [2.24, 2.45) is 11.7 Å². The molecule has 0 radical (unpaired) electrons. The zero-order chi connectivity index (χ0) is 10.3. The maximum absolute atomic E-state index is 11.4. The zero-order valence-electron chi connectivity index (χ0n) is 8.00. The molecule has 0 bridgehead atoms. The van der Waals surface area contributed by atoms with Crippen LogP contribution in [0.2, 0.25) is 0 Å². The fraction of sp³-hybridized carbons (Fsp3) is 0.750. The molecule has 0 aromatic rings. The predicted octanol–water partition coefficient (Wildman–Crippen LogP) is 0.778. The van der Waals surface area contributed by atoms with E-state index in [1.807, 2.05) is 13.2 Å². The van der Waals surface area contributed by atoms with Gasteiger partial charge in [0.15, 0.2) is 0 Å². The lowest BCUT2D eigenvalue weighted by Crippen LogP contribution is -2.38. The van der Waals surface area contributed by atoms with Crippen molar-refractivity contribution in [2.75, 3.05) is 18.6 Å². The molecule has 0 rings (SSSR count). The maximum atomic E-state index is 11.4. The van der Waals surface area contributed by atoms with Gasteiger partial charge in [-0.1, -0.05) is 19.1 Å². The number of hydrogen-bond acceptors (Lipinski definition) is 3. The molecule has 0 aliphatic rings. The highest BCUT2D eigenvalue weighted by atomic mass is 32.2. The predicted molar refractivity (Wildman–Crippen MR) is 62.0 cm³/mol. The molecule has 0 aromatic carbocycles. The number of hydrogen-bond donors (Lipinski definition) is 2. The van der Waals surface area contributed by atoms with Crippen LogP contribution in [0.4, 0.5) is 0 Å². The number of rotatable bonds is 6. The van der Waals surface area contributed by atoms with Crippen LogP contribution in [-0.4, -0.2) is 29.4 Å². The summed E-state index contributed by atoms with van der Waals surface area (Å²) in [5.74, 6) is 0.556. The van der Waals surface area contributed by atoms with Crippen LogP contribution in [0, 0.1) is 5.92 Å². The van der Waals surface area contributed by atoms with E-state index in [-0.39, 0.29) is 16.8 Å². The van der Waals surface area contributed by atoms with Crippen molar-refractivity contribution in [3.05, 3.63) is 0 Å². The van der Waals surface area contributed by atoms with Gasteiger partial charge in [0.25, 0.3) is 0 Å². The molecule has 5 heteroatoms. The molecular formula is C8H16N2OS2. The lowest BCUT2D eigenvalue weighted by atomic mass is 10.1. The van der Waals surface area contributed by atoms with Crippen molar-refractivity contribution < 1.29 is 4.79 Å². The molecule has 3 nitrogen and oxygen atoms in total. The van der Waals surface area contributed by atoms with E-state index in [9.17, 15) is 4.79 Å². The van der Waals surface area contributed by atoms with Crippen LogP contribution in [-0.2, 0) is 4.79 Å². The lowest BCUT2D eigenvalue weighted by molar-refractivity contribution is -0.122. The molecule has 0 heterocycles. The van der Waals surface area contributed by atoms with Crippen LogP contribution in [0.3, 0.4) is 0 Å². The zero-order valence-corrected chi connectivity index (χ0v) is 9.63. The van der Waals surface area contributed by atoms with Gasteiger partial charge in [0.05, 0.1) is 10.9 Å². The summed E-state index contributed by atoms with van der Waals surface area (Å²) in [7, 11) is 0. The Morgan fingerprint density at radius 3 is 2.69 bits per heavy atom. The number of nitrogens with two attached hydrogens (primary N) is 1. The van der Waals surface area contributed by atoms with Crippen molar-refractivity contribution in [1.29, 1.82) is 0 Å². The van der Waals surface area contributed by atoms with E-state index in [0.717, 1.165) is 5.75 Å². The van der Waals surface area contributed by atoms with Crippen LogP contribution in [0.1, 0.15) is 13.3 Å². The molecule has 1 unspecified atom stereocenters. The first-order valence-corrected chi connectivity index (χ1v) is 5.99. The van der Waals surface area contributed by atoms with E-state index in [0.29, 0.717) is 13.0 Å². The van der Waals surface area contributed by atoms with Gasteiger partial charge in [-0.2, -0.15) is 11.8 Å². The summed E-state index contributed by atoms with van der Waals surface area (Å²) in [6, 6.07) is 0. The Labute approximate surface area is 88.8 Å². The molecule has 0 saturated heterocycles. The van der Waals surface area contributed by atoms with Gasteiger partial charge in [0.1, 0.15) is 0 Å². The summed E-state index contributed by atoms with van der Waals surface area (Å²) in [5, 5.41) is 2.79. The largest absolute Gasteiger partial charge is 0.393 e. The Balaban J connectivity index is 3.85. The Bertz CT molecular complexity index is 185. The second-order valence-corrected chi connectivity index (χ2v) is 4.10. The van der Waals surface area contributed by atoms with Gasteiger partial charge in [-0.25, -0.2) is 0 Å². The first-order valence-electron chi connectivity index (χ1n) is 4.19. The molecule has 1 amide bonds. The first kappa shape index (κ1) is 12.7. The molecule has 3 N–H and O–H groups in total. The summed E-state index contributed by atoms with van der Waals surface area (Å²) in [6.45, 7) is 2.58. The molecule has 76 valence electrons. The van der Waals surface area contributed by atoms with Crippen LogP contribution in [0.5, 0.6) is 0 Å². The Morgan fingerprint density at radius 1 is 1.69 bits per heavy atom. The SMILES string of the molecule is CCC(C(=O)NCCSC)C(N)=S. The van der Waals surface area contributed by atoms with E-state index in [4.69, 9.17) is 18.0 Å². The minimum Gasteiger partial charge on any atom is -0.393 e. The topological polar surface area (TPSA) is 55.1 Å². The Morgan fingerprint density at radius 2 is 2.31 bits per heavy atom. The number of carbonyl (C=O) groups is 1. The van der Waals surface area contributed by atoms with E-state index >= 15 is 0 Å². The van der Waals surface area contributed by atoms with E-state index in [2.05, 4.69) is 5.32 Å². The van der Waals surface area contributed by atoms with Gasteiger partial charge in [-0.05, 0) is 12.7 Å². The molecule has 0 fully saturated rings. The van der Waals surface area contributed by atoms with Gasteiger partial charge in [-0.15, -0.1) is 0 Å². The van der Waals surface area contributed by atoms with Gasteiger partial charge in [0.2, 0.25) is 5.91 Å². The highest BCUT2D eigenvalue weighted by Gasteiger charge is 2.17. The van der Waals surface area contributed by atoms with Gasteiger partial charge < -0.3 is 11.1 Å². The van der Waals surface area contributed by atoms with Crippen molar-refractivity contribution in [2.45, 2.75) is 13.3 Å². The molecule has 1 atom stereocenters. The average molecular weight is 220 g/mol. The summed E-state index contributed by atoms with van der Waals surface area (Å²) >= 11 is 6.48. The van der Waals surface area contributed by atoms with Crippen LogP contribution >= 0.6 is 24.0 Å². The molecule has 13 heavy (non-hydrogen) atoms. The van der Waals surface area contributed by atoms with E-state index < -0.39 is 0 Å². The number of carbonyl (C=O) groups excluding carboxylic acids is 1. The van der Waals surface area contributed by atoms with Crippen LogP contribution < -0.4 is 11.1 Å². The monoisotopic (exact) mass is 220 g/mol. The highest BCUT2D eigenvalue weighted by Crippen LogP contribution is 2.02. The molecule has 0 spiro atoms. The van der Waals surface area contributed by atoms with Gasteiger partial charge in [0, 0.05) is 12.3 Å². The van der Waals surface area contributed by atoms with Gasteiger partial charge in [-0.3, -0.25) is 4.79 Å². The smallest absolute Gasteiger partial charge is 0.229 e. The summed E-state index contributed by atoms with van der Waals surface area (Å²) in [4.78, 5) is 11.7. The van der Waals surface area contributed by atoms with Crippen molar-refractivity contribution in [1.82, 2.24) is 5.32 Å². The molecule has 0 aliphatic carbocycles. The third-order valence-corrected chi connectivity index (χ3v) is 2.57. The van der Waals surface area contributed by atoms with Crippen LogP contribution in [0.25, 0.3) is 0 Å². The summed E-state index contributed by atoms with van der Waals surface area (Å²) in [6.07, 6.45) is 2.66. The van der Waals surface area contributed by atoms with Crippen molar-refractivity contribution in [3.8, 4) is 0 Å². The van der Waals surface area contributed by atoms with Gasteiger partial charge >= 0.3 is 0 Å². The average Bonchev–Trinajstić information content (AvgIpc) is 2.05. The fourth-order valence-electron chi connectivity index (χ4n) is 0.915. The summed E-state index contributed by atoms with van der Waals surface area (Å²) in [5.41, 5.74) is 5.42. The second kappa shape index (κ2) is 7.15. The lowest BCUT2D eigenvalue weighted by Gasteiger charge is -2.12. The van der Waals surface area contributed by atoms with Crippen LogP contribution in [0.15, 0.2) is 0 Å². The second-order valence-electron chi connectivity index (χ2n) is 2.65. The van der Waals surface area contributed by atoms with E-state index in [1.54, 1.807) is 11.8 Å². The Kier molecular flexibility index (Phi) is 6.99. The molecular weight excluding hydrogens is 204 g/mol. The fourth-order valence-corrected chi connectivity index (χ4v) is 1.50. The molecule has 0 saturated carbocycles. The molecule has 0 aliphatic heterocycles. The quantitative estimate of drug-likeness (QED) is 0.513. The third kappa shape index (κ3) is 5.10. The Hall–Kier alpha value is -0.290. The van der Waals surface area contributed by atoms with E-state index in [1.165, 1.54) is 0 Å². The number of thiocarbonyl (C=S) groups is 1. The minimum absolute atomic E-state index is 0.0518. The number of nitrogens with one attached hydrogen (secondary N) is 1.